The third-order valence-electron chi connectivity index (χ3n) is 4.01. The highest BCUT2D eigenvalue weighted by molar-refractivity contribution is 9.10. The van der Waals surface area contributed by atoms with Crippen LogP contribution in [0.5, 0.6) is 0 Å². The fourth-order valence-electron chi connectivity index (χ4n) is 2.73. The lowest BCUT2D eigenvalue weighted by Gasteiger charge is -2.08. The summed E-state index contributed by atoms with van der Waals surface area (Å²) in [4.78, 5) is 0. The third-order valence-corrected chi connectivity index (χ3v) is 4.59. The van der Waals surface area contributed by atoms with Crippen LogP contribution in [0.25, 0.3) is 16.9 Å². The van der Waals surface area contributed by atoms with Gasteiger partial charge in [0.05, 0.1) is 22.1 Å². The van der Waals surface area contributed by atoms with Crippen LogP contribution >= 0.6 is 15.9 Å². The zero-order valence-electron chi connectivity index (χ0n) is 13.9. The lowest BCUT2D eigenvalue weighted by atomic mass is 10.1. The summed E-state index contributed by atoms with van der Waals surface area (Å²) in [6.45, 7) is 0. The van der Waals surface area contributed by atoms with E-state index in [1.54, 1.807) is 0 Å². The minimum absolute atomic E-state index is 0.962. The van der Waals surface area contributed by atoms with Crippen molar-refractivity contribution in [3.8, 4) is 28.8 Å². The molecule has 0 aliphatic heterocycles. The van der Waals surface area contributed by atoms with Crippen LogP contribution in [-0.2, 0) is 0 Å². The molecule has 0 fully saturated rings. The van der Waals surface area contributed by atoms with Crippen LogP contribution < -0.4 is 0 Å². The molecule has 2 nitrogen and oxygen atoms in total. The number of benzene rings is 3. The zero-order chi connectivity index (χ0) is 17.8. The van der Waals surface area contributed by atoms with Gasteiger partial charge in [-0.3, -0.25) is 0 Å². The van der Waals surface area contributed by atoms with Gasteiger partial charge < -0.3 is 0 Å². The van der Waals surface area contributed by atoms with E-state index >= 15 is 0 Å². The molecule has 0 atom stereocenters. The SMILES string of the molecule is Brc1cnn(-c2ccccc2)c1-c1ccc(C#Cc2ccccc2)cc1. The summed E-state index contributed by atoms with van der Waals surface area (Å²) in [6, 6.07) is 28.4. The molecule has 0 unspecified atom stereocenters. The lowest BCUT2D eigenvalue weighted by Crippen LogP contribution is -1.98. The standard InChI is InChI=1S/C23H15BrN2/c24-22-17-25-26(21-9-5-2-6-10-21)23(22)20-15-13-19(14-16-20)12-11-18-7-3-1-4-8-18/h1-10,13-17H. The maximum absolute atomic E-state index is 4.50. The van der Waals surface area contributed by atoms with Crippen LogP contribution in [0.15, 0.2) is 95.6 Å². The molecule has 26 heavy (non-hydrogen) atoms. The summed E-state index contributed by atoms with van der Waals surface area (Å²) < 4.78 is 2.90. The Kier molecular flexibility index (Phi) is 4.68. The summed E-state index contributed by atoms with van der Waals surface area (Å²) in [5.74, 6) is 6.40. The van der Waals surface area contributed by atoms with E-state index < -0.39 is 0 Å². The monoisotopic (exact) mass is 398 g/mol. The Balaban J connectivity index is 1.67. The van der Waals surface area contributed by atoms with Crippen molar-refractivity contribution in [2.45, 2.75) is 0 Å². The van der Waals surface area contributed by atoms with Crippen LogP contribution in [-0.4, -0.2) is 9.78 Å². The second-order valence-electron chi connectivity index (χ2n) is 5.78. The molecule has 0 aliphatic rings. The van der Waals surface area contributed by atoms with Crippen molar-refractivity contribution in [1.82, 2.24) is 9.78 Å². The highest BCUT2D eigenvalue weighted by Crippen LogP contribution is 2.30. The van der Waals surface area contributed by atoms with Gasteiger partial charge in [0.15, 0.2) is 0 Å². The molecule has 4 rings (SSSR count). The van der Waals surface area contributed by atoms with E-state index in [1.807, 2.05) is 83.7 Å². The molecule has 1 heterocycles. The molecule has 0 aliphatic carbocycles. The molecule has 0 radical (unpaired) electrons. The molecule has 4 aromatic rings. The Morgan fingerprint density at radius 2 is 1.27 bits per heavy atom. The number of aromatic nitrogens is 2. The molecule has 0 N–H and O–H groups in total. The Labute approximate surface area is 161 Å². The Morgan fingerprint density at radius 3 is 1.92 bits per heavy atom. The molecular formula is C23H15BrN2. The van der Waals surface area contributed by atoms with Crippen molar-refractivity contribution >= 4 is 15.9 Å². The van der Waals surface area contributed by atoms with Crippen LogP contribution in [0.4, 0.5) is 0 Å². The van der Waals surface area contributed by atoms with E-state index in [9.17, 15) is 0 Å². The van der Waals surface area contributed by atoms with Gasteiger partial charge in [-0.1, -0.05) is 60.4 Å². The number of hydrogen-bond donors (Lipinski definition) is 0. The first-order valence-electron chi connectivity index (χ1n) is 8.28. The Hall–Kier alpha value is -3.09. The smallest absolute Gasteiger partial charge is 0.0883 e. The molecular weight excluding hydrogens is 384 g/mol. The second-order valence-corrected chi connectivity index (χ2v) is 6.64. The quantitative estimate of drug-likeness (QED) is 0.396. The van der Waals surface area contributed by atoms with Crippen LogP contribution in [0, 0.1) is 11.8 Å². The zero-order valence-corrected chi connectivity index (χ0v) is 15.5. The van der Waals surface area contributed by atoms with Gasteiger partial charge in [-0.2, -0.15) is 5.10 Å². The number of hydrogen-bond acceptors (Lipinski definition) is 1. The minimum Gasteiger partial charge on any atom is -0.232 e. The van der Waals surface area contributed by atoms with Crippen molar-refractivity contribution in [3.05, 3.63) is 107 Å². The highest BCUT2D eigenvalue weighted by atomic mass is 79.9. The molecule has 124 valence electrons. The predicted molar refractivity (Wildman–Crippen MR) is 109 cm³/mol. The average molecular weight is 399 g/mol. The molecule has 3 heteroatoms. The summed E-state index contributed by atoms with van der Waals surface area (Å²) >= 11 is 3.62. The van der Waals surface area contributed by atoms with Gasteiger partial charge >= 0.3 is 0 Å². The molecule has 0 bridgehead atoms. The summed E-state index contributed by atoms with van der Waals surface area (Å²) in [7, 11) is 0. The molecule has 0 amide bonds. The summed E-state index contributed by atoms with van der Waals surface area (Å²) in [5.41, 5.74) is 5.14. The molecule has 0 spiro atoms. The topological polar surface area (TPSA) is 17.8 Å². The molecule has 1 aromatic heterocycles. The van der Waals surface area contributed by atoms with Gasteiger partial charge in [-0.15, -0.1) is 0 Å². The Morgan fingerprint density at radius 1 is 0.692 bits per heavy atom. The Bertz CT molecular complexity index is 1070. The van der Waals surface area contributed by atoms with Gasteiger partial charge in [-0.25, -0.2) is 4.68 Å². The van der Waals surface area contributed by atoms with Crippen LogP contribution in [0.1, 0.15) is 11.1 Å². The largest absolute Gasteiger partial charge is 0.232 e. The first-order valence-corrected chi connectivity index (χ1v) is 9.07. The van der Waals surface area contributed by atoms with E-state index in [1.165, 1.54) is 0 Å². The number of halogens is 1. The van der Waals surface area contributed by atoms with Gasteiger partial charge in [0.25, 0.3) is 0 Å². The van der Waals surface area contributed by atoms with Crippen molar-refractivity contribution in [1.29, 1.82) is 0 Å². The number of rotatable bonds is 2. The number of nitrogens with zero attached hydrogens (tertiary/aromatic N) is 2. The van der Waals surface area contributed by atoms with Crippen molar-refractivity contribution in [2.75, 3.05) is 0 Å². The van der Waals surface area contributed by atoms with Gasteiger partial charge in [0.1, 0.15) is 0 Å². The fraction of sp³-hybridized carbons (Fsp3) is 0. The van der Waals surface area contributed by atoms with E-state index in [2.05, 4.69) is 45.0 Å². The first kappa shape index (κ1) is 16.4. The average Bonchev–Trinajstić information content (AvgIpc) is 3.10. The van der Waals surface area contributed by atoms with Crippen molar-refractivity contribution in [2.24, 2.45) is 0 Å². The number of para-hydroxylation sites is 1. The maximum atomic E-state index is 4.50. The van der Waals surface area contributed by atoms with E-state index in [-0.39, 0.29) is 0 Å². The second kappa shape index (κ2) is 7.43. The fourth-order valence-corrected chi connectivity index (χ4v) is 3.22. The van der Waals surface area contributed by atoms with Crippen LogP contribution in [0.3, 0.4) is 0 Å². The predicted octanol–water partition coefficient (Wildman–Crippen LogP) is 5.70. The summed E-state index contributed by atoms with van der Waals surface area (Å²) in [5, 5.41) is 4.50. The first-order chi connectivity index (χ1) is 12.8. The van der Waals surface area contributed by atoms with Crippen molar-refractivity contribution in [3.63, 3.8) is 0 Å². The van der Waals surface area contributed by atoms with Crippen LogP contribution in [0.2, 0.25) is 0 Å². The van der Waals surface area contributed by atoms with E-state index in [0.29, 0.717) is 0 Å². The van der Waals surface area contributed by atoms with Gasteiger partial charge in [0, 0.05) is 16.7 Å². The molecule has 0 saturated heterocycles. The molecule has 0 saturated carbocycles. The highest BCUT2D eigenvalue weighted by Gasteiger charge is 2.12. The van der Waals surface area contributed by atoms with Gasteiger partial charge in [-0.05, 0) is 52.3 Å². The lowest BCUT2D eigenvalue weighted by molar-refractivity contribution is 0.888. The normalized spacial score (nSPS) is 10.2. The third kappa shape index (κ3) is 3.46. The molecule has 3 aromatic carbocycles. The maximum Gasteiger partial charge on any atom is 0.0883 e. The minimum atomic E-state index is 0.962. The summed E-state index contributed by atoms with van der Waals surface area (Å²) in [6.07, 6.45) is 1.82. The van der Waals surface area contributed by atoms with E-state index in [4.69, 9.17) is 0 Å². The van der Waals surface area contributed by atoms with E-state index in [0.717, 1.165) is 32.5 Å². The van der Waals surface area contributed by atoms with Crippen molar-refractivity contribution < 1.29 is 0 Å². The van der Waals surface area contributed by atoms with Gasteiger partial charge in [0.2, 0.25) is 0 Å².